The Hall–Kier alpha value is -3.34. The number of benzene rings is 2. The van der Waals surface area contributed by atoms with Crippen molar-refractivity contribution in [1.82, 2.24) is 20.0 Å². The molecule has 10 nitrogen and oxygen atoms in total. The third kappa shape index (κ3) is 11.1. The Morgan fingerprint density at radius 2 is 1.44 bits per heavy atom. The number of carbonyl (C=O) groups is 2. The van der Waals surface area contributed by atoms with Gasteiger partial charge in [-0.25, -0.2) is 0 Å². The lowest BCUT2D eigenvalue weighted by molar-refractivity contribution is -0.137. The number of carbonyl (C=O) groups excluding carboxylic acids is 1. The summed E-state index contributed by atoms with van der Waals surface area (Å²) in [5.74, 6) is 1.89. The van der Waals surface area contributed by atoms with Crippen LogP contribution in [0.15, 0.2) is 42.5 Å². The van der Waals surface area contributed by atoms with Crippen LogP contribution in [0.5, 0.6) is 11.5 Å². The normalized spacial score (nSPS) is 20.1. The van der Waals surface area contributed by atoms with Gasteiger partial charge in [0.25, 0.3) is 5.91 Å². The van der Waals surface area contributed by atoms with Gasteiger partial charge >= 0.3 is 5.97 Å². The summed E-state index contributed by atoms with van der Waals surface area (Å²) in [5.41, 5.74) is 3.24. The molecule has 0 aromatic heterocycles. The Kier molecular flexibility index (Phi) is 13.5. The number of nitrogens with zero attached hydrogens (tertiary/aromatic N) is 4. The van der Waals surface area contributed by atoms with E-state index in [4.69, 9.17) is 9.47 Å². The highest BCUT2D eigenvalue weighted by Crippen LogP contribution is 2.45. The first-order chi connectivity index (χ1) is 24.7. The average Bonchev–Trinajstić information content (AvgIpc) is 3.98. The summed E-state index contributed by atoms with van der Waals surface area (Å²) >= 11 is 0. The molecule has 0 radical (unpaired) electrons. The van der Waals surface area contributed by atoms with Gasteiger partial charge in [0.15, 0.2) is 0 Å². The Labute approximate surface area is 312 Å². The van der Waals surface area contributed by atoms with E-state index in [9.17, 15) is 14.7 Å². The summed E-state index contributed by atoms with van der Waals surface area (Å²) in [5, 5.41) is 12.7. The molecule has 2 aromatic carbocycles. The SMILES string of the molecule is CC(C)(C)N1CCNCC1.COc1ccc(C(=O)N2CCN(C(C)(C)C)CC2)c(N2CCC(COc3cccc(C(CC(=O)O)C4CC4)c3)CC2)c1. The monoisotopic (exact) mass is 719 g/mol. The van der Waals surface area contributed by atoms with Crippen LogP contribution in [0.2, 0.25) is 0 Å². The summed E-state index contributed by atoms with van der Waals surface area (Å²) in [6.45, 7) is 23.8. The van der Waals surface area contributed by atoms with Crippen molar-refractivity contribution >= 4 is 17.6 Å². The van der Waals surface area contributed by atoms with Crippen molar-refractivity contribution in [1.29, 1.82) is 0 Å². The molecule has 1 aliphatic carbocycles. The molecule has 1 saturated carbocycles. The lowest BCUT2D eigenvalue weighted by Gasteiger charge is -2.42. The predicted molar refractivity (Wildman–Crippen MR) is 209 cm³/mol. The quantitative estimate of drug-likeness (QED) is 0.297. The summed E-state index contributed by atoms with van der Waals surface area (Å²) in [4.78, 5) is 34.4. The number of hydrogen-bond donors (Lipinski definition) is 2. The number of ether oxygens (including phenoxy) is 2. The Balaban J connectivity index is 0.000000452. The number of piperazine rings is 2. The van der Waals surface area contributed by atoms with Gasteiger partial charge in [-0.05, 0) is 115 Å². The lowest BCUT2D eigenvalue weighted by atomic mass is 9.91. The smallest absolute Gasteiger partial charge is 0.303 e. The molecule has 4 fully saturated rings. The number of carboxylic acid groups (broad SMARTS) is 1. The Morgan fingerprint density at radius 1 is 0.808 bits per heavy atom. The fourth-order valence-corrected chi connectivity index (χ4v) is 7.80. The van der Waals surface area contributed by atoms with E-state index in [2.05, 4.69) is 61.6 Å². The van der Waals surface area contributed by atoms with Crippen LogP contribution >= 0.6 is 0 Å². The maximum absolute atomic E-state index is 13.7. The molecule has 1 unspecified atom stereocenters. The van der Waals surface area contributed by atoms with Crippen LogP contribution in [-0.4, -0.2) is 122 Å². The average molecular weight is 720 g/mol. The van der Waals surface area contributed by atoms with E-state index in [1.807, 2.05) is 47.4 Å². The Bertz CT molecular complexity index is 1460. The topological polar surface area (TPSA) is 97.8 Å². The minimum absolute atomic E-state index is 0.0661. The molecule has 2 aromatic rings. The van der Waals surface area contributed by atoms with Gasteiger partial charge in [-0.15, -0.1) is 0 Å². The number of hydrogen-bond acceptors (Lipinski definition) is 8. The maximum Gasteiger partial charge on any atom is 0.303 e. The molecule has 1 atom stereocenters. The van der Waals surface area contributed by atoms with Crippen LogP contribution in [0.25, 0.3) is 0 Å². The second-order valence-corrected chi connectivity index (χ2v) is 17.1. The zero-order valence-corrected chi connectivity index (χ0v) is 33.0. The molecule has 3 heterocycles. The molecule has 3 aliphatic heterocycles. The van der Waals surface area contributed by atoms with E-state index in [1.165, 1.54) is 13.1 Å². The van der Waals surface area contributed by atoms with Crippen molar-refractivity contribution in [3.63, 3.8) is 0 Å². The molecule has 0 spiro atoms. The highest BCUT2D eigenvalue weighted by molar-refractivity contribution is 6.00. The summed E-state index contributed by atoms with van der Waals surface area (Å²) in [6.07, 6.45) is 4.33. The summed E-state index contributed by atoms with van der Waals surface area (Å²) < 4.78 is 11.8. The molecule has 6 rings (SSSR count). The van der Waals surface area contributed by atoms with Gasteiger partial charge in [-0.2, -0.15) is 0 Å². The highest BCUT2D eigenvalue weighted by atomic mass is 16.5. The number of piperidine rings is 1. The second kappa shape index (κ2) is 17.7. The van der Waals surface area contributed by atoms with Gasteiger partial charge in [-0.1, -0.05) is 12.1 Å². The largest absolute Gasteiger partial charge is 0.497 e. The zero-order valence-electron chi connectivity index (χ0n) is 33.0. The molecule has 2 N–H and O–H groups in total. The van der Waals surface area contributed by atoms with Gasteiger partial charge in [0.2, 0.25) is 0 Å². The maximum atomic E-state index is 13.7. The van der Waals surface area contributed by atoms with E-state index < -0.39 is 5.97 Å². The van der Waals surface area contributed by atoms with Crippen LogP contribution in [0, 0.1) is 11.8 Å². The Morgan fingerprint density at radius 3 is 2.00 bits per heavy atom. The number of rotatable bonds is 10. The zero-order chi connectivity index (χ0) is 37.5. The van der Waals surface area contributed by atoms with Gasteiger partial charge in [0.05, 0.1) is 31.4 Å². The molecule has 52 heavy (non-hydrogen) atoms. The standard InChI is InChI=1S/C34H47N3O5.C8H18N2/c1-34(2,3)37-18-16-36(17-19-37)33(40)29-11-10-27(41-4)21-31(29)35-14-12-24(13-15-35)23-42-28-7-5-6-26(20-28)30(22-32(38)39)25-8-9-25;1-8(2,3)10-6-4-9-5-7-10/h5-7,10-11,20-21,24-25,30H,8-9,12-19,22-23H2,1-4H3,(H,38,39);9H,4-7H2,1-3H3. The van der Waals surface area contributed by atoms with Crippen molar-refractivity contribution in [3.05, 3.63) is 53.6 Å². The number of methoxy groups -OCH3 is 1. The highest BCUT2D eigenvalue weighted by Gasteiger charge is 2.34. The van der Waals surface area contributed by atoms with Crippen molar-refractivity contribution in [3.8, 4) is 11.5 Å². The fourth-order valence-electron chi connectivity index (χ4n) is 7.80. The van der Waals surface area contributed by atoms with E-state index >= 15 is 0 Å². The van der Waals surface area contributed by atoms with Crippen LogP contribution < -0.4 is 19.7 Å². The van der Waals surface area contributed by atoms with Gasteiger partial charge in [-0.3, -0.25) is 19.4 Å². The number of nitrogens with one attached hydrogen (secondary N) is 1. The van der Waals surface area contributed by atoms with Crippen molar-refractivity contribution in [2.75, 3.05) is 84.1 Å². The predicted octanol–water partition coefficient (Wildman–Crippen LogP) is 6.21. The van der Waals surface area contributed by atoms with Crippen molar-refractivity contribution < 1.29 is 24.2 Å². The number of aliphatic carboxylic acids is 1. The van der Waals surface area contributed by atoms with Crippen LogP contribution in [0.4, 0.5) is 5.69 Å². The lowest BCUT2D eigenvalue weighted by Crippen LogP contribution is -2.54. The first-order valence-corrected chi connectivity index (χ1v) is 19.6. The summed E-state index contributed by atoms with van der Waals surface area (Å²) in [7, 11) is 1.67. The molecule has 4 aliphatic rings. The number of carboxylic acids is 1. The van der Waals surface area contributed by atoms with E-state index in [0.29, 0.717) is 24.0 Å². The number of amides is 1. The van der Waals surface area contributed by atoms with Crippen molar-refractivity contribution in [2.45, 2.75) is 90.6 Å². The minimum Gasteiger partial charge on any atom is -0.497 e. The molecular weight excluding hydrogens is 654 g/mol. The molecular formula is C42H65N5O5. The third-order valence-electron chi connectivity index (χ3n) is 11.3. The molecule has 10 heteroatoms. The third-order valence-corrected chi connectivity index (χ3v) is 11.3. The van der Waals surface area contributed by atoms with Crippen LogP contribution in [0.1, 0.15) is 95.5 Å². The van der Waals surface area contributed by atoms with E-state index in [0.717, 1.165) is 106 Å². The summed E-state index contributed by atoms with van der Waals surface area (Å²) in [6, 6.07) is 13.8. The molecule has 0 bridgehead atoms. The molecule has 3 saturated heterocycles. The van der Waals surface area contributed by atoms with Crippen LogP contribution in [-0.2, 0) is 4.79 Å². The van der Waals surface area contributed by atoms with Gasteiger partial charge in [0, 0.05) is 82.6 Å². The molecule has 288 valence electrons. The van der Waals surface area contributed by atoms with Crippen molar-refractivity contribution in [2.24, 2.45) is 11.8 Å². The van der Waals surface area contributed by atoms with E-state index in [-0.39, 0.29) is 23.8 Å². The van der Waals surface area contributed by atoms with Crippen LogP contribution in [0.3, 0.4) is 0 Å². The number of anilines is 1. The minimum atomic E-state index is -0.742. The first kappa shape index (κ1) is 39.9. The van der Waals surface area contributed by atoms with Gasteiger partial charge in [0.1, 0.15) is 11.5 Å². The first-order valence-electron chi connectivity index (χ1n) is 19.6. The fraction of sp³-hybridized carbons (Fsp3) is 0.667. The van der Waals surface area contributed by atoms with E-state index in [1.54, 1.807) is 7.11 Å². The van der Waals surface area contributed by atoms with Gasteiger partial charge < -0.3 is 29.7 Å². The molecule has 1 amide bonds. The second-order valence-electron chi connectivity index (χ2n) is 17.1.